The summed E-state index contributed by atoms with van der Waals surface area (Å²) in [6.07, 6.45) is -4.47. The lowest BCUT2D eigenvalue weighted by Crippen LogP contribution is -2.41. The Balaban J connectivity index is 1.69. The van der Waals surface area contributed by atoms with E-state index in [1.54, 1.807) is 13.8 Å². The van der Waals surface area contributed by atoms with Crippen LogP contribution in [0.4, 0.5) is 13.2 Å². The van der Waals surface area contributed by atoms with Gasteiger partial charge in [-0.05, 0) is 32.0 Å². The monoisotopic (exact) mass is 409 g/mol. The molecule has 6 nitrogen and oxygen atoms in total. The third kappa shape index (κ3) is 4.22. The highest BCUT2D eigenvalue weighted by molar-refractivity contribution is 7.13. The molecule has 0 atom stereocenters. The summed E-state index contributed by atoms with van der Waals surface area (Å²) in [6, 6.07) is 6.20. The fraction of sp³-hybridized carbons (Fsp3) is 0.167. The molecule has 3 aromatic rings. The number of carbonyl (C=O) groups excluding carboxylic acids is 2. The molecule has 0 saturated carbocycles. The summed E-state index contributed by atoms with van der Waals surface area (Å²) in [5.74, 6) is -0.291. The van der Waals surface area contributed by atoms with Gasteiger partial charge in [-0.15, -0.1) is 11.3 Å². The number of rotatable bonds is 3. The molecule has 3 rings (SSSR count). The number of aryl methyl sites for hydroxylation is 2. The zero-order chi connectivity index (χ0) is 20.5. The van der Waals surface area contributed by atoms with Crippen LogP contribution in [-0.4, -0.2) is 16.8 Å². The Bertz CT molecular complexity index is 1040. The van der Waals surface area contributed by atoms with E-state index in [-0.39, 0.29) is 21.8 Å². The summed E-state index contributed by atoms with van der Waals surface area (Å²) < 4.78 is 43.8. The summed E-state index contributed by atoms with van der Waals surface area (Å²) in [4.78, 5) is 28.3. The minimum Gasteiger partial charge on any atom is -0.466 e. The minimum absolute atomic E-state index is 0.0298. The molecule has 2 amide bonds. The van der Waals surface area contributed by atoms with Crippen LogP contribution in [0.1, 0.15) is 37.9 Å². The smallest absolute Gasteiger partial charge is 0.416 e. The lowest BCUT2D eigenvalue weighted by molar-refractivity contribution is -0.137. The highest BCUT2D eigenvalue weighted by Gasteiger charge is 2.30. The van der Waals surface area contributed by atoms with E-state index in [9.17, 15) is 22.8 Å². The van der Waals surface area contributed by atoms with Crippen LogP contribution < -0.4 is 10.9 Å². The quantitative estimate of drug-likeness (QED) is 0.638. The second-order valence-corrected chi connectivity index (χ2v) is 6.71. The van der Waals surface area contributed by atoms with E-state index in [0.717, 1.165) is 23.5 Å². The average molecular weight is 409 g/mol. The highest BCUT2D eigenvalue weighted by Crippen LogP contribution is 2.33. The van der Waals surface area contributed by atoms with E-state index in [0.29, 0.717) is 11.5 Å². The molecule has 10 heteroatoms. The summed E-state index contributed by atoms with van der Waals surface area (Å²) in [6.45, 7) is 3.30. The first-order valence-electron chi connectivity index (χ1n) is 7.96. The number of hydrazine groups is 1. The number of halogens is 3. The van der Waals surface area contributed by atoms with E-state index < -0.39 is 23.6 Å². The van der Waals surface area contributed by atoms with Crippen LogP contribution in [0.3, 0.4) is 0 Å². The third-order valence-corrected chi connectivity index (χ3v) is 4.64. The minimum atomic E-state index is -4.47. The number of thiazole rings is 1. The van der Waals surface area contributed by atoms with Gasteiger partial charge in [-0.25, -0.2) is 4.98 Å². The van der Waals surface area contributed by atoms with Crippen molar-refractivity contribution in [3.8, 4) is 10.6 Å². The Morgan fingerprint density at radius 3 is 2.46 bits per heavy atom. The molecule has 0 unspecified atom stereocenters. The number of aromatic nitrogens is 1. The molecule has 2 heterocycles. The lowest BCUT2D eigenvalue weighted by atomic mass is 10.1. The van der Waals surface area contributed by atoms with Gasteiger partial charge in [-0.3, -0.25) is 20.4 Å². The van der Waals surface area contributed by atoms with Gasteiger partial charge in [0.05, 0.1) is 11.1 Å². The maximum Gasteiger partial charge on any atom is 0.416 e. The SMILES string of the molecule is Cc1cc(C(=O)NNC(=O)c2csc(-c3cccc(C(F)(F)F)c3)n2)c(C)o1. The van der Waals surface area contributed by atoms with Gasteiger partial charge < -0.3 is 4.42 Å². The van der Waals surface area contributed by atoms with Crippen LogP contribution in [0.2, 0.25) is 0 Å². The Hall–Kier alpha value is -3.14. The van der Waals surface area contributed by atoms with Crippen LogP contribution in [0.5, 0.6) is 0 Å². The van der Waals surface area contributed by atoms with Crippen molar-refractivity contribution in [1.82, 2.24) is 15.8 Å². The molecule has 1 aromatic carbocycles. The van der Waals surface area contributed by atoms with E-state index in [4.69, 9.17) is 4.42 Å². The number of benzene rings is 1. The number of furan rings is 1. The van der Waals surface area contributed by atoms with Crippen molar-refractivity contribution in [2.75, 3.05) is 0 Å². The standard InChI is InChI=1S/C18H14F3N3O3S/c1-9-6-13(10(2)27-9)15(25)23-24-16(26)14-8-28-17(22-14)11-4-3-5-12(7-11)18(19,20)21/h3-8H,1-2H3,(H,23,25)(H,24,26). The maximum absolute atomic E-state index is 12.8. The van der Waals surface area contributed by atoms with Crippen molar-refractivity contribution >= 4 is 23.2 Å². The zero-order valence-electron chi connectivity index (χ0n) is 14.7. The van der Waals surface area contributed by atoms with E-state index in [1.807, 2.05) is 0 Å². The van der Waals surface area contributed by atoms with Gasteiger partial charge in [0.2, 0.25) is 0 Å². The highest BCUT2D eigenvalue weighted by atomic mass is 32.1. The van der Waals surface area contributed by atoms with Gasteiger partial charge in [0.25, 0.3) is 11.8 Å². The van der Waals surface area contributed by atoms with Gasteiger partial charge in [-0.1, -0.05) is 12.1 Å². The number of alkyl halides is 3. The molecule has 0 bridgehead atoms. The van der Waals surface area contributed by atoms with Crippen molar-refractivity contribution in [1.29, 1.82) is 0 Å². The number of amides is 2. The molecule has 0 fully saturated rings. The van der Waals surface area contributed by atoms with Crippen LogP contribution in [-0.2, 0) is 6.18 Å². The van der Waals surface area contributed by atoms with E-state index in [2.05, 4.69) is 15.8 Å². The molecule has 0 aliphatic carbocycles. The molecule has 146 valence electrons. The Morgan fingerprint density at radius 2 is 1.82 bits per heavy atom. The first-order chi connectivity index (χ1) is 13.1. The zero-order valence-corrected chi connectivity index (χ0v) is 15.5. The second-order valence-electron chi connectivity index (χ2n) is 5.85. The second kappa shape index (κ2) is 7.47. The molecule has 0 aliphatic heterocycles. The summed E-state index contributed by atoms with van der Waals surface area (Å²) >= 11 is 1.02. The number of hydrogen-bond donors (Lipinski definition) is 2. The Kier molecular flexibility index (Phi) is 5.23. The lowest BCUT2D eigenvalue weighted by Gasteiger charge is -2.07. The van der Waals surface area contributed by atoms with Gasteiger partial charge in [0, 0.05) is 10.9 Å². The molecule has 0 saturated heterocycles. The molecule has 2 N–H and O–H groups in total. The molecule has 0 spiro atoms. The summed E-state index contributed by atoms with van der Waals surface area (Å²) in [5.41, 5.74) is 4.15. The molecule has 0 aliphatic rings. The summed E-state index contributed by atoms with van der Waals surface area (Å²) in [5, 5.41) is 1.65. The topological polar surface area (TPSA) is 84.2 Å². The number of nitrogens with one attached hydrogen (secondary N) is 2. The molecule has 28 heavy (non-hydrogen) atoms. The van der Waals surface area contributed by atoms with Crippen molar-refractivity contribution in [3.63, 3.8) is 0 Å². The van der Waals surface area contributed by atoms with Crippen molar-refractivity contribution < 1.29 is 27.2 Å². The average Bonchev–Trinajstić information content (AvgIpc) is 3.25. The van der Waals surface area contributed by atoms with Gasteiger partial charge in [0.15, 0.2) is 0 Å². The fourth-order valence-corrected chi connectivity index (χ4v) is 3.24. The predicted molar refractivity (Wildman–Crippen MR) is 95.7 cm³/mol. The first-order valence-corrected chi connectivity index (χ1v) is 8.84. The van der Waals surface area contributed by atoms with Crippen LogP contribution in [0.25, 0.3) is 10.6 Å². The Morgan fingerprint density at radius 1 is 1.11 bits per heavy atom. The van der Waals surface area contributed by atoms with Crippen molar-refractivity contribution in [2.24, 2.45) is 0 Å². The largest absolute Gasteiger partial charge is 0.466 e. The van der Waals surface area contributed by atoms with Crippen LogP contribution in [0.15, 0.2) is 40.1 Å². The molecule has 2 aromatic heterocycles. The van der Waals surface area contributed by atoms with Crippen molar-refractivity contribution in [2.45, 2.75) is 20.0 Å². The number of hydrogen-bond acceptors (Lipinski definition) is 5. The fourth-order valence-electron chi connectivity index (χ4n) is 2.44. The summed E-state index contributed by atoms with van der Waals surface area (Å²) in [7, 11) is 0. The maximum atomic E-state index is 12.8. The predicted octanol–water partition coefficient (Wildman–Crippen LogP) is 4.11. The van der Waals surface area contributed by atoms with Crippen LogP contribution in [0, 0.1) is 13.8 Å². The van der Waals surface area contributed by atoms with E-state index in [1.165, 1.54) is 23.6 Å². The molecular formula is C18H14F3N3O3S. The Labute approximate surface area is 161 Å². The third-order valence-electron chi connectivity index (χ3n) is 3.75. The molecular weight excluding hydrogens is 395 g/mol. The van der Waals surface area contributed by atoms with Crippen molar-refractivity contribution in [3.05, 3.63) is 64.1 Å². The first kappa shape index (κ1) is 19.6. The number of nitrogens with zero attached hydrogens (tertiary/aromatic N) is 1. The molecule has 0 radical (unpaired) electrons. The normalized spacial score (nSPS) is 11.3. The number of carbonyl (C=O) groups is 2. The van der Waals surface area contributed by atoms with Gasteiger partial charge >= 0.3 is 6.18 Å². The van der Waals surface area contributed by atoms with Gasteiger partial charge in [-0.2, -0.15) is 13.2 Å². The van der Waals surface area contributed by atoms with Gasteiger partial charge in [0.1, 0.15) is 22.2 Å². The van der Waals surface area contributed by atoms with Crippen LogP contribution >= 0.6 is 11.3 Å². The van der Waals surface area contributed by atoms with E-state index >= 15 is 0 Å².